The predicted octanol–water partition coefficient (Wildman–Crippen LogP) is 2.04. The van der Waals surface area contributed by atoms with Crippen LogP contribution in [-0.4, -0.2) is 10.1 Å². The van der Waals surface area contributed by atoms with Crippen molar-refractivity contribution in [2.24, 2.45) is 0 Å². The molecule has 1 aromatic rings. The topological polar surface area (TPSA) is 56.9 Å². The summed E-state index contributed by atoms with van der Waals surface area (Å²) in [5.41, 5.74) is -0.836. The molecule has 1 heterocycles. The Morgan fingerprint density at radius 1 is 1.64 bits per heavy atom. The minimum absolute atomic E-state index is 0.139. The second kappa shape index (κ2) is 4.31. The fraction of sp³-hybridized carbons (Fsp3) is 0.250. The highest BCUT2D eigenvalue weighted by Gasteiger charge is 2.16. The number of aromatic nitrogens is 1. The van der Waals surface area contributed by atoms with E-state index >= 15 is 0 Å². The number of pyridine rings is 1. The standard InChI is InChI=1S/C8H5ClF2N2O/c9-5-1-4(8(10)11)7(3-14)13-6(5)2-12/h1,8,14H,3H2. The largest absolute Gasteiger partial charge is 0.390 e. The van der Waals surface area contributed by atoms with Crippen LogP contribution in [0, 0.1) is 11.3 Å². The summed E-state index contributed by atoms with van der Waals surface area (Å²) in [5.74, 6) is 0. The summed E-state index contributed by atoms with van der Waals surface area (Å²) in [6.45, 7) is -0.647. The van der Waals surface area contributed by atoms with Gasteiger partial charge in [-0.3, -0.25) is 0 Å². The van der Waals surface area contributed by atoms with Gasteiger partial charge in [0.1, 0.15) is 6.07 Å². The highest BCUT2D eigenvalue weighted by atomic mass is 35.5. The van der Waals surface area contributed by atoms with Crippen LogP contribution in [0.5, 0.6) is 0 Å². The van der Waals surface area contributed by atoms with Gasteiger partial charge in [0.2, 0.25) is 0 Å². The van der Waals surface area contributed by atoms with Crippen molar-refractivity contribution >= 4 is 11.6 Å². The van der Waals surface area contributed by atoms with E-state index in [0.29, 0.717) is 0 Å². The lowest BCUT2D eigenvalue weighted by Crippen LogP contribution is -2.01. The van der Waals surface area contributed by atoms with Crippen molar-refractivity contribution in [1.82, 2.24) is 4.98 Å². The Bertz CT molecular complexity index is 390. The zero-order chi connectivity index (χ0) is 10.7. The molecule has 0 aliphatic heterocycles. The van der Waals surface area contributed by atoms with Gasteiger partial charge in [-0.25, -0.2) is 13.8 Å². The lowest BCUT2D eigenvalue weighted by Gasteiger charge is -2.06. The molecule has 3 nitrogen and oxygen atoms in total. The van der Waals surface area contributed by atoms with Gasteiger partial charge in [-0.05, 0) is 6.07 Å². The number of alkyl halides is 2. The van der Waals surface area contributed by atoms with E-state index in [1.54, 1.807) is 6.07 Å². The lowest BCUT2D eigenvalue weighted by atomic mass is 10.2. The van der Waals surface area contributed by atoms with Gasteiger partial charge in [0.05, 0.1) is 17.3 Å². The SMILES string of the molecule is N#Cc1nc(CO)c(C(F)F)cc1Cl. The first kappa shape index (κ1) is 10.8. The molecule has 1 aromatic heterocycles. The van der Waals surface area contributed by atoms with Crippen molar-refractivity contribution in [3.8, 4) is 6.07 Å². The predicted molar refractivity (Wildman–Crippen MR) is 44.8 cm³/mol. The molecular weight excluding hydrogens is 214 g/mol. The van der Waals surface area contributed by atoms with Crippen molar-refractivity contribution in [1.29, 1.82) is 5.26 Å². The molecular formula is C8H5ClF2N2O. The van der Waals surface area contributed by atoms with E-state index in [1.165, 1.54) is 0 Å². The Balaban J connectivity index is 3.33. The molecule has 0 saturated carbocycles. The Kier molecular flexibility index (Phi) is 3.33. The summed E-state index contributed by atoms with van der Waals surface area (Å²) in [6.07, 6.45) is -2.77. The lowest BCUT2D eigenvalue weighted by molar-refractivity contribution is 0.146. The van der Waals surface area contributed by atoms with Crippen molar-refractivity contribution in [3.63, 3.8) is 0 Å². The molecule has 0 fully saturated rings. The zero-order valence-corrected chi connectivity index (χ0v) is 7.59. The van der Waals surface area contributed by atoms with Crippen LogP contribution in [0.25, 0.3) is 0 Å². The van der Waals surface area contributed by atoms with Crippen molar-refractivity contribution in [2.75, 3.05) is 0 Å². The molecule has 0 spiro atoms. The van der Waals surface area contributed by atoms with Gasteiger partial charge < -0.3 is 5.11 Å². The summed E-state index contributed by atoms with van der Waals surface area (Å²) in [6, 6.07) is 2.58. The van der Waals surface area contributed by atoms with E-state index in [1.807, 2.05) is 0 Å². The average molecular weight is 219 g/mol. The van der Waals surface area contributed by atoms with Crippen LogP contribution in [0.15, 0.2) is 6.07 Å². The van der Waals surface area contributed by atoms with Crippen LogP contribution in [-0.2, 0) is 6.61 Å². The van der Waals surface area contributed by atoms with Gasteiger partial charge in [-0.15, -0.1) is 0 Å². The maximum absolute atomic E-state index is 12.3. The molecule has 0 radical (unpaired) electrons. The van der Waals surface area contributed by atoms with Crippen LogP contribution in [0.3, 0.4) is 0 Å². The van der Waals surface area contributed by atoms with Gasteiger partial charge in [0.25, 0.3) is 6.43 Å². The van der Waals surface area contributed by atoms with Crippen LogP contribution in [0.4, 0.5) is 8.78 Å². The summed E-state index contributed by atoms with van der Waals surface area (Å²) in [7, 11) is 0. The number of nitriles is 1. The van der Waals surface area contributed by atoms with Gasteiger partial charge in [-0.1, -0.05) is 11.6 Å². The minimum atomic E-state index is -2.77. The third-order valence-electron chi connectivity index (χ3n) is 1.58. The summed E-state index contributed by atoms with van der Waals surface area (Å²) >= 11 is 5.50. The van der Waals surface area contributed by atoms with Crippen molar-refractivity contribution in [3.05, 3.63) is 28.0 Å². The normalized spacial score (nSPS) is 10.3. The molecule has 1 rings (SSSR count). The van der Waals surface area contributed by atoms with Gasteiger partial charge >= 0.3 is 0 Å². The second-order valence-electron chi connectivity index (χ2n) is 2.43. The van der Waals surface area contributed by atoms with Gasteiger partial charge in [0.15, 0.2) is 5.69 Å². The number of hydrogen-bond acceptors (Lipinski definition) is 3. The molecule has 0 bridgehead atoms. The first-order valence-corrected chi connectivity index (χ1v) is 3.96. The van der Waals surface area contributed by atoms with E-state index in [4.69, 9.17) is 22.0 Å². The van der Waals surface area contributed by atoms with Crippen LogP contribution in [0.2, 0.25) is 5.02 Å². The van der Waals surface area contributed by atoms with Crippen molar-refractivity contribution in [2.45, 2.75) is 13.0 Å². The monoisotopic (exact) mass is 218 g/mol. The zero-order valence-electron chi connectivity index (χ0n) is 6.84. The molecule has 74 valence electrons. The number of hydrogen-bond donors (Lipinski definition) is 1. The molecule has 0 saturated heterocycles. The fourth-order valence-corrected chi connectivity index (χ4v) is 1.14. The first-order valence-electron chi connectivity index (χ1n) is 3.58. The van der Waals surface area contributed by atoms with E-state index in [0.717, 1.165) is 6.07 Å². The summed E-state index contributed by atoms with van der Waals surface area (Å²) < 4.78 is 24.7. The third-order valence-corrected chi connectivity index (χ3v) is 1.87. The minimum Gasteiger partial charge on any atom is -0.390 e. The number of halogens is 3. The smallest absolute Gasteiger partial charge is 0.265 e. The first-order chi connectivity index (χ1) is 6.60. The number of rotatable bonds is 2. The highest BCUT2D eigenvalue weighted by Crippen LogP contribution is 2.26. The van der Waals surface area contributed by atoms with E-state index < -0.39 is 18.6 Å². The Morgan fingerprint density at radius 2 is 2.29 bits per heavy atom. The molecule has 0 aliphatic carbocycles. The van der Waals surface area contributed by atoms with E-state index in [-0.39, 0.29) is 16.4 Å². The van der Waals surface area contributed by atoms with Crippen LogP contribution < -0.4 is 0 Å². The molecule has 0 atom stereocenters. The van der Waals surface area contributed by atoms with Crippen LogP contribution >= 0.6 is 11.6 Å². The summed E-state index contributed by atoms with van der Waals surface area (Å²) in [5, 5.41) is 17.1. The Morgan fingerprint density at radius 3 is 2.71 bits per heavy atom. The third kappa shape index (κ3) is 1.97. The molecule has 14 heavy (non-hydrogen) atoms. The fourth-order valence-electron chi connectivity index (χ4n) is 0.935. The Hall–Kier alpha value is -1.25. The molecule has 0 aliphatic rings. The second-order valence-corrected chi connectivity index (χ2v) is 2.83. The van der Waals surface area contributed by atoms with Crippen LogP contribution in [0.1, 0.15) is 23.4 Å². The maximum atomic E-state index is 12.3. The highest BCUT2D eigenvalue weighted by molar-refractivity contribution is 6.31. The average Bonchev–Trinajstić information content (AvgIpc) is 2.17. The van der Waals surface area contributed by atoms with Gasteiger partial charge in [-0.2, -0.15) is 5.26 Å². The number of aliphatic hydroxyl groups excluding tert-OH is 1. The molecule has 0 unspecified atom stereocenters. The molecule has 1 N–H and O–H groups in total. The number of nitrogens with zero attached hydrogens (tertiary/aromatic N) is 2. The Labute approximate surface area is 83.6 Å². The van der Waals surface area contributed by atoms with E-state index in [9.17, 15) is 8.78 Å². The number of aliphatic hydroxyl groups is 1. The van der Waals surface area contributed by atoms with E-state index in [2.05, 4.69) is 4.98 Å². The quantitative estimate of drug-likeness (QED) is 0.826. The van der Waals surface area contributed by atoms with Gasteiger partial charge in [0, 0.05) is 5.56 Å². The maximum Gasteiger partial charge on any atom is 0.265 e. The van der Waals surface area contributed by atoms with Crippen molar-refractivity contribution < 1.29 is 13.9 Å². The molecule has 0 amide bonds. The molecule has 6 heteroatoms. The summed E-state index contributed by atoms with van der Waals surface area (Å²) in [4.78, 5) is 3.51. The molecule has 0 aromatic carbocycles.